The summed E-state index contributed by atoms with van der Waals surface area (Å²) in [7, 11) is 0. The molecule has 0 amide bonds. The van der Waals surface area contributed by atoms with E-state index in [1.807, 2.05) is 12.1 Å². The molecule has 0 bridgehead atoms. The number of nitrogens with zero attached hydrogens (tertiary/aromatic N) is 2. The van der Waals surface area contributed by atoms with E-state index < -0.39 is 0 Å². The summed E-state index contributed by atoms with van der Waals surface area (Å²) in [4.78, 5) is 0.626. The zero-order valence-electron chi connectivity index (χ0n) is 9.38. The number of halogens is 2. The van der Waals surface area contributed by atoms with Crippen LogP contribution >= 0.6 is 27.5 Å². The molecule has 0 spiro atoms. The van der Waals surface area contributed by atoms with Crippen LogP contribution in [0.4, 0.5) is 5.69 Å². The van der Waals surface area contributed by atoms with Gasteiger partial charge in [-0.3, -0.25) is 0 Å². The molecule has 3 nitrogen and oxygen atoms in total. The third-order valence-electron chi connectivity index (χ3n) is 2.34. The highest BCUT2D eigenvalue weighted by molar-refractivity contribution is 9.10. The second-order valence-electron chi connectivity index (χ2n) is 3.68. The maximum absolute atomic E-state index is 11.7. The molecule has 2 aromatic rings. The average molecular weight is 326 g/mol. The second-order valence-corrected chi connectivity index (χ2v) is 5.03. The molecule has 0 radical (unpaired) electrons. The van der Waals surface area contributed by atoms with E-state index in [1.165, 1.54) is 0 Å². The van der Waals surface area contributed by atoms with Crippen molar-refractivity contribution < 1.29 is 4.86 Å². The Morgan fingerprint density at radius 1 is 1.06 bits per heavy atom. The molecular formula is C13H10BrClN2O. The van der Waals surface area contributed by atoms with Gasteiger partial charge in [-0.25, -0.2) is 0 Å². The maximum Gasteiger partial charge on any atom is 0.244 e. The van der Waals surface area contributed by atoms with E-state index >= 15 is 0 Å². The van der Waals surface area contributed by atoms with E-state index in [4.69, 9.17) is 11.6 Å². The van der Waals surface area contributed by atoms with Crippen molar-refractivity contribution >= 4 is 33.2 Å². The molecule has 2 aromatic carbocycles. The summed E-state index contributed by atoms with van der Waals surface area (Å²) in [5.41, 5.74) is 1.45. The summed E-state index contributed by atoms with van der Waals surface area (Å²) in [5.74, 6) is 0. The van der Waals surface area contributed by atoms with E-state index in [1.54, 1.807) is 36.4 Å². The summed E-state index contributed by atoms with van der Waals surface area (Å²) in [6, 6.07) is 14.3. The Balaban J connectivity index is 2.09. The lowest BCUT2D eigenvalue weighted by Gasteiger charge is -2.00. The molecule has 92 valence electrons. The lowest BCUT2D eigenvalue weighted by molar-refractivity contribution is -0.443. The van der Waals surface area contributed by atoms with Crippen LogP contribution in [-0.2, 0) is 6.54 Å². The minimum absolute atomic E-state index is 0.330. The van der Waals surface area contributed by atoms with Crippen LogP contribution < -0.4 is 0 Å². The summed E-state index contributed by atoms with van der Waals surface area (Å²) >= 11 is 9.09. The monoisotopic (exact) mass is 324 g/mol. The average Bonchev–Trinajstić information content (AvgIpc) is 2.38. The van der Waals surface area contributed by atoms with E-state index in [0.717, 1.165) is 10.0 Å². The minimum atomic E-state index is 0.330. The fraction of sp³-hybridized carbons (Fsp3) is 0.0769. The van der Waals surface area contributed by atoms with Gasteiger partial charge in [-0.15, -0.1) is 0 Å². The first-order valence-corrected chi connectivity index (χ1v) is 6.47. The molecule has 0 N–H and O–H groups in total. The molecule has 5 heteroatoms. The third kappa shape index (κ3) is 3.55. The van der Waals surface area contributed by atoms with E-state index in [-0.39, 0.29) is 0 Å². The van der Waals surface area contributed by atoms with Crippen LogP contribution in [0.2, 0.25) is 5.02 Å². The lowest BCUT2D eigenvalue weighted by atomic mass is 10.2. The number of azo groups is 1. The highest BCUT2D eigenvalue weighted by Crippen LogP contribution is 2.17. The normalized spacial score (nSPS) is 11.6. The molecule has 0 saturated heterocycles. The Labute approximate surface area is 118 Å². The van der Waals surface area contributed by atoms with Gasteiger partial charge < -0.3 is 5.21 Å². The first-order chi connectivity index (χ1) is 8.65. The van der Waals surface area contributed by atoms with Crippen LogP contribution in [0.15, 0.2) is 58.1 Å². The van der Waals surface area contributed by atoms with Gasteiger partial charge in [-0.05, 0) is 34.9 Å². The van der Waals surface area contributed by atoms with Gasteiger partial charge in [0.2, 0.25) is 5.69 Å². The Bertz CT molecular complexity index is 552. The first kappa shape index (κ1) is 13.1. The summed E-state index contributed by atoms with van der Waals surface area (Å²) < 4.78 is 0.928. The lowest BCUT2D eigenvalue weighted by Crippen LogP contribution is -1.93. The van der Waals surface area contributed by atoms with Crippen molar-refractivity contribution in [3.8, 4) is 0 Å². The Hall–Kier alpha value is -1.39. The van der Waals surface area contributed by atoms with Crippen LogP contribution in [0.1, 0.15) is 5.56 Å². The van der Waals surface area contributed by atoms with Gasteiger partial charge in [0, 0.05) is 21.6 Å². The van der Waals surface area contributed by atoms with E-state index in [2.05, 4.69) is 21.0 Å². The van der Waals surface area contributed by atoms with E-state index in [0.29, 0.717) is 22.1 Å². The molecular weight excluding hydrogens is 316 g/mol. The van der Waals surface area contributed by atoms with Crippen LogP contribution in [0.25, 0.3) is 0 Å². The molecule has 0 aliphatic carbocycles. The van der Waals surface area contributed by atoms with Gasteiger partial charge >= 0.3 is 0 Å². The van der Waals surface area contributed by atoms with Crippen LogP contribution in [0.3, 0.4) is 0 Å². The Kier molecular flexibility index (Phi) is 4.33. The zero-order chi connectivity index (χ0) is 13.0. The second kappa shape index (κ2) is 5.98. The summed E-state index contributed by atoms with van der Waals surface area (Å²) in [6.07, 6.45) is 0. The Morgan fingerprint density at radius 3 is 2.28 bits per heavy atom. The molecule has 18 heavy (non-hydrogen) atoms. The molecule has 0 aliphatic heterocycles. The predicted octanol–water partition coefficient (Wildman–Crippen LogP) is 4.90. The van der Waals surface area contributed by atoms with Crippen molar-refractivity contribution in [2.24, 2.45) is 5.11 Å². The smallest absolute Gasteiger partial charge is 0.244 e. The third-order valence-corrected chi connectivity index (χ3v) is 3.12. The van der Waals surface area contributed by atoms with Crippen molar-refractivity contribution in [2.45, 2.75) is 6.54 Å². The molecule has 0 heterocycles. The highest BCUT2D eigenvalue weighted by Gasteiger charge is 2.02. The Morgan fingerprint density at radius 2 is 1.67 bits per heavy atom. The number of hydrogen-bond donors (Lipinski definition) is 0. The fourth-order valence-corrected chi connectivity index (χ4v) is 1.78. The van der Waals surface area contributed by atoms with Gasteiger partial charge in [0.1, 0.15) is 6.54 Å². The zero-order valence-corrected chi connectivity index (χ0v) is 11.7. The van der Waals surface area contributed by atoms with Gasteiger partial charge in [0.05, 0.1) is 0 Å². The quantitative estimate of drug-likeness (QED) is 0.449. The molecule has 0 atom stereocenters. The topological polar surface area (TPSA) is 38.4 Å². The van der Waals surface area contributed by atoms with Crippen molar-refractivity contribution in [3.63, 3.8) is 0 Å². The van der Waals surface area contributed by atoms with Crippen LogP contribution in [-0.4, -0.2) is 4.86 Å². The summed E-state index contributed by atoms with van der Waals surface area (Å²) in [5, 5.41) is 16.3. The van der Waals surface area contributed by atoms with Gasteiger partial charge in [0.15, 0.2) is 0 Å². The summed E-state index contributed by atoms with van der Waals surface area (Å²) in [6.45, 7) is 0.330. The highest BCUT2D eigenvalue weighted by atomic mass is 79.9. The molecule has 2 rings (SSSR count). The maximum atomic E-state index is 11.7. The van der Waals surface area contributed by atoms with Gasteiger partial charge in [0.25, 0.3) is 0 Å². The molecule has 0 fully saturated rings. The van der Waals surface area contributed by atoms with Gasteiger partial charge in [-0.1, -0.05) is 44.5 Å². The number of rotatable bonds is 3. The SMILES string of the molecule is [O-][N+](=NCc1ccc(Cl)cc1)c1ccc(Br)cc1. The van der Waals surface area contributed by atoms with Crippen LogP contribution in [0, 0.1) is 5.21 Å². The molecule has 0 aliphatic rings. The number of hydrogen-bond acceptors (Lipinski definition) is 2. The van der Waals surface area contributed by atoms with Crippen molar-refractivity contribution in [2.75, 3.05) is 0 Å². The van der Waals surface area contributed by atoms with Gasteiger partial charge in [-0.2, -0.15) is 0 Å². The molecule has 0 unspecified atom stereocenters. The van der Waals surface area contributed by atoms with Crippen molar-refractivity contribution in [1.82, 2.24) is 0 Å². The minimum Gasteiger partial charge on any atom is -0.594 e. The predicted molar refractivity (Wildman–Crippen MR) is 75.0 cm³/mol. The molecule has 0 saturated carbocycles. The first-order valence-electron chi connectivity index (χ1n) is 5.30. The largest absolute Gasteiger partial charge is 0.594 e. The standard InChI is InChI=1S/C13H10BrClN2O/c14-11-3-7-13(8-4-11)17(18)16-9-10-1-5-12(15)6-2-10/h1-8H,9H2. The number of benzene rings is 2. The molecule has 0 aromatic heterocycles. The van der Waals surface area contributed by atoms with Crippen molar-refractivity contribution in [1.29, 1.82) is 0 Å². The van der Waals surface area contributed by atoms with Crippen LogP contribution in [0.5, 0.6) is 0 Å². The van der Waals surface area contributed by atoms with E-state index in [9.17, 15) is 5.21 Å². The fourth-order valence-electron chi connectivity index (χ4n) is 1.39. The van der Waals surface area contributed by atoms with Crippen molar-refractivity contribution in [3.05, 3.63) is 68.8 Å².